The van der Waals surface area contributed by atoms with Gasteiger partial charge in [0.2, 0.25) is 0 Å². The number of unbranched alkanes of at least 4 members (excludes halogenated alkanes) is 1. The van der Waals surface area contributed by atoms with Gasteiger partial charge in [-0.1, -0.05) is 33.6 Å². The molecule has 4 unspecified atom stereocenters. The lowest BCUT2D eigenvalue weighted by Crippen LogP contribution is -2.43. The van der Waals surface area contributed by atoms with E-state index in [0.29, 0.717) is 10.5 Å². The number of hydrogen-bond acceptors (Lipinski definition) is 5. The summed E-state index contributed by atoms with van der Waals surface area (Å²) in [6.07, 6.45) is 4.89. The number of carbonyl (C=O) groups excluding carboxylic acids is 1. The first-order chi connectivity index (χ1) is 8.57. The van der Waals surface area contributed by atoms with Crippen LogP contribution >= 0.6 is 47.0 Å². The van der Waals surface area contributed by atoms with Crippen LogP contribution < -0.4 is 0 Å². The van der Waals surface area contributed by atoms with E-state index >= 15 is 0 Å². The number of thioether (sulfide) groups is 4. The summed E-state index contributed by atoms with van der Waals surface area (Å²) in [5.41, 5.74) is 0. The average Bonchev–Trinajstić information content (AvgIpc) is 2.92. The van der Waals surface area contributed by atoms with Gasteiger partial charge in [-0.3, -0.25) is 0 Å². The van der Waals surface area contributed by atoms with Gasteiger partial charge in [0, 0.05) is 22.0 Å². The third kappa shape index (κ3) is 2.75. The van der Waals surface area contributed by atoms with Crippen molar-refractivity contribution in [2.75, 3.05) is 11.5 Å². The van der Waals surface area contributed by atoms with Crippen molar-refractivity contribution in [3.63, 3.8) is 0 Å². The maximum absolute atomic E-state index is 11.9. The molecular formula is C13H22OS4. The summed E-state index contributed by atoms with van der Waals surface area (Å²) in [7, 11) is 0. The topological polar surface area (TPSA) is 17.1 Å². The van der Waals surface area contributed by atoms with Crippen molar-refractivity contribution < 1.29 is 4.79 Å². The van der Waals surface area contributed by atoms with Crippen LogP contribution in [-0.2, 0) is 4.79 Å². The van der Waals surface area contributed by atoms with Crippen LogP contribution in [0.3, 0.4) is 0 Å². The highest BCUT2D eigenvalue weighted by Crippen LogP contribution is 2.66. The van der Waals surface area contributed by atoms with Gasteiger partial charge in [-0.05, 0) is 6.42 Å². The third-order valence-electron chi connectivity index (χ3n) is 3.40. The van der Waals surface area contributed by atoms with Crippen molar-refractivity contribution >= 4 is 53.3 Å². The Kier molecular flexibility index (Phi) is 5.35. The van der Waals surface area contributed by atoms with Crippen LogP contribution in [0.2, 0.25) is 0 Å². The maximum Gasteiger partial charge on any atom is 0.148 e. The van der Waals surface area contributed by atoms with Crippen molar-refractivity contribution in [3.05, 3.63) is 0 Å². The van der Waals surface area contributed by atoms with Crippen molar-refractivity contribution in [1.82, 2.24) is 0 Å². The van der Waals surface area contributed by atoms with E-state index in [1.54, 1.807) is 0 Å². The molecule has 0 spiro atoms. The van der Waals surface area contributed by atoms with Gasteiger partial charge in [0.05, 0.1) is 4.08 Å². The molecule has 2 saturated heterocycles. The van der Waals surface area contributed by atoms with Crippen LogP contribution in [0.25, 0.3) is 0 Å². The van der Waals surface area contributed by atoms with Crippen molar-refractivity contribution in [2.45, 2.75) is 58.7 Å². The fourth-order valence-corrected chi connectivity index (χ4v) is 10.7. The summed E-state index contributed by atoms with van der Waals surface area (Å²) >= 11 is 7.93. The Bertz CT molecular complexity index is 311. The minimum atomic E-state index is -0.207. The number of aldehydes is 1. The zero-order chi connectivity index (χ0) is 13.2. The van der Waals surface area contributed by atoms with E-state index in [2.05, 4.69) is 44.3 Å². The highest BCUT2D eigenvalue weighted by atomic mass is 32.2. The highest BCUT2D eigenvalue weighted by molar-refractivity contribution is 8.29. The molecule has 4 atom stereocenters. The van der Waals surface area contributed by atoms with Crippen LogP contribution in [0, 0.1) is 0 Å². The first-order valence-corrected chi connectivity index (χ1v) is 10.4. The lowest BCUT2D eigenvalue weighted by atomic mass is 10.1. The molecule has 2 aliphatic rings. The fraction of sp³-hybridized carbons (Fsp3) is 0.923. The summed E-state index contributed by atoms with van der Waals surface area (Å²) in [5, 5.41) is 1.29. The molecule has 0 aromatic heterocycles. The van der Waals surface area contributed by atoms with E-state index in [-0.39, 0.29) is 8.16 Å². The predicted octanol–water partition coefficient (Wildman–Crippen LogP) is 4.51. The minimum Gasteiger partial charge on any atom is -0.301 e. The SMILES string of the molecule is CCCCC1(C2(C=O)SCC(C)S2)SCC(C)S1. The van der Waals surface area contributed by atoms with Gasteiger partial charge in [-0.25, -0.2) is 0 Å². The molecule has 2 aliphatic heterocycles. The molecule has 0 aromatic rings. The highest BCUT2D eigenvalue weighted by Gasteiger charge is 2.59. The minimum absolute atomic E-state index is 0.115. The molecule has 2 rings (SSSR count). The van der Waals surface area contributed by atoms with Crippen LogP contribution in [0.15, 0.2) is 0 Å². The van der Waals surface area contributed by atoms with E-state index in [1.807, 2.05) is 23.5 Å². The summed E-state index contributed by atoms with van der Waals surface area (Å²) in [6.45, 7) is 6.80. The van der Waals surface area contributed by atoms with E-state index < -0.39 is 0 Å². The average molecular weight is 323 g/mol. The van der Waals surface area contributed by atoms with Crippen LogP contribution in [0.5, 0.6) is 0 Å². The Morgan fingerprint density at radius 2 is 1.83 bits per heavy atom. The second kappa shape index (κ2) is 6.23. The van der Waals surface area contributed by atoms with Gasteiger partial charge in [-0.15, -0.1) is 47.0 Å². The van der Waals surface area contributed by atoms with Crippen LogP contribution in [-0.4, -0.2) is 36.4 Å². The molecule has 2 fully saturated rings. The molecular weight excluding hydrogens is 300 g/mol. The maximum atomic E-state index is 11.9. The molecule has 18 heavy (non-hydrogen) atoms. The molecule has 0 saturated carbocycles. The zero-order valence-electron chi connectivity index (χ0n) is 11.3. The van der Waals surface area contributed by atoms with Gasteiger partial charge in [0.25, 0.3) is 0 Å². The number of carbonyl (C=O) groups is 1. The molecule has 2 heterocycles. The van der Waals surface area contributed by atoms with Gasteiger partial charge < -0.3 is 4.79 Å². The Labute approximate surface area is 128 Å². The predicted molar refractivity (Wildman–Crippen MR) is 90.1 cm³/mol. The van der Waals surface area contributed by atoms with E-state index in [4.69, 9.17) is 0 Å². The van der Waals surface area contributed by atoms with Gasteiger partial charge >= 0.3 is 0 Å². The van der Waals surface area contributed by atoms with Crippen LogP contribution in [0.4, 0.5) is 0 Å². The van der Waals surface area contributed by atoms with E-state index in [1.165, 1.54) is 31.3 Å². The van der Waals surface area contributed by atoms with E-state index in [0.717, 1.165) is 5.75 Å². The molecule has 0 aliphatic carbocycles. The summed E-state index contributed by atoms with van der Waals surface area (Å²) < 4.78 is -0.0913. The van der Waals surface area contributed by atoms with Crippen molar-refractivity contribution in [1.29, 1.82) is 0 Å². The monoisotopic (exact) mass is 322 g/mol. The van der Waals surface area contributed by atoms with Gasteiger partial charge in [0.15, 0.2) is 0 Å². The van der Waals surface area contributed by atoms with Crippen molar-refractivity contribution in [2.24, 2.45) is 0 Å². The molecule has 0 aromatic carbocycles. The molecule has 0 amide bonds. The molecule has 104 valence electrons. The van der Waals surface area contributed by atoms with Gasteiger partial charge in [0.1, 0.15) is 10.4 Å². The first kappa shape index (κ1) is 15.5. The standard InChI is InChI=1S/C13H22OS4/c1-4-5-6-12(15-7-10(2)17-12)13(9-14)16-8-11(3)18-13/h9-11H,4-8H2,1-3H3. The second-order valence-corrected chi connectivity index (χ2v) is 11.6. The summed E-state index contributed by atoms with van der Waals surface area (Å²) in [6, 6.07) is 0. The van der Waals surface area contributed by atoms with E-state index in [9.17, 15) is 4.79 Å². The smallest absolute Gasteiger partial charge is 0.148 e. The Balaban J connectivity index is 2.24. The third-order valence-corrected chi connectivity index (χ3v) is 11.7. The number of hydrogen-bond donors (Lipinski definition) is 0. The molecule has 0 radical (unpaired) electrons. The quantitative estimate of drug-likeness (QED) is 0.691. The molecule has 1 nitrogen and oxygen atoms in total. The van der Waals surface area contributed by atoms with Crippen LogP contribution in [0.1, 0.15) is 40.0 Å². The zero-order valence-corrected chi connectivity index (χ0v) is 14.6. The molecule has 0 N–H and O–H groups in total. The lowest BCUT2D eigenvalue weighted by molar-refractivity contribution is -0.108. The lowest BCUT2D eigenvalue weighted by Gasteiger charge is -2.40. The number of rotatable bonds is 5. The van der Waals surface area contributed by atoms with Gasteiger partial charge in [-0.2, -0.15) is 0 Å². The molecule has 5 heteroatoms. The second-order valence-electron chi connectivity index (χ2n) is 5.12. The summed E-state index contributed by atoms with van der Waals surface area (Å²) in [4.78, 5) is 11.9. The largest absolute Gasteiger partial charge is 0.301 e. The first-order valence-electron chi connectivity index (χ1n) is 6.67. The Morgan fingerprint density at radius 1 is 1.17 bits per heavy atom. The normalized spacial score (nSPS) is 44.4. The molecule has 0 bridgehead atoms. The van der Waals surface area contributed by atoms with Crippen molar-refractivity contribution in [3.8, 4) is 0 Å². The fourth-order valence-electron chi connectivity index (χ4n) is 2.50. The Morgan fingerprint density at radius 3 is 2.28 bits per heavy atom. The Hall–Kier alpha value is 1.07. The summed E-state index contributed by atoms with van der Waals surface area (Å²) in [5.74, 6) is 2.31.